The van der Waals surface area contributed by atoms with Crippen molar-refractivity contribution in [3.8, 4) is 11.4 Å². The molecular weight excluding hydrogens is 478 g/mol. The molecule has 5 rings (SSSR count). The number of amides is 1. The van der Waals surface area contributed by atoms with Gasteiger partial charge < -0.3 is 14.7 Å². The maximum atomic E-state index is 13.9. The number of carbonyl (C=O) groups is 1. The van der Waals surface area contributed by atoms with Crippen LogP contribution in [0.25, 0.3) is 5.69 Å². The van der Waals surface area contributed by atoms with Crippen LogP contribution in [-0.2, 0) is 4.79 Å². The molecule has 0 unspecified atom stereocenters. The van der Waals surface area contributed by atoms with Crippen molar-refractivity contribution in [1.29, 1.82) is 0 Å². The Balaban J connectivity index is 1.32. The second kappa shape index (κ2) is 11.6. The fourth-order valence-corrected chi connectivity index (χ4v) is 6.14. The Labute approximate surface area is 225 Å². The Bertz CT molecular complexity index is 1240. The maximum Gasteiger partial charge on any atom is 0.230 e. The molecular formula is C30H39N5O3. The number of tetrazole rings is 1. The average molecular weight is 518 g/mol. The lowest BCUT2D eigenvalue weighted by Gasteiger charge is -2.36. The van der Waals surface area contributed by atoms with Gasteiger partial charge in [-0.2, -0.15) is 0 Å². The third kappa shape index (κ3) is 5.90. The molecule has 202 valence electrons. The average Bonchev–Trinajstić information content (AvgIpc) is 3.38. The number of rotatable bonds is 7. The first-order valence-corrected chi connectivity index (χ1v) is 13.9. The zero-order valence-electron chi connectivity index (χ0n) is 22.7. The highest BCUT2D eigenvalue weighted by Gasteiger charge is 2.32. The van der Waals surface area contributed by atoms with Crippen molar-refractivity contribution in [2.24, 2.45) is 11.8 Å². The standard InChI is InChI=1S/C30H39N5O3/c1-20-17-25(13-16-29(20)38-3)23-9-7-22(8-10-23)19-34(30(37)24-11-14-28(36)15-12-24)26-5-4-6-27(18-26)35-32-21(2)31-33-35/h4-6,13,16-18,22-24,28,36H,7-12,14-15,19H2,1-3H3/t22-,23-,24-,28-. The van der Waals surface area contributed by atoms with E-state index in [1.165, 1.54) is 15.9 Å². The second-order valence-corrected chi connectivity index (χ2v) is 11.0. The number of hydrogen-bond donors (Lipinski definition) is 1. The number of benzene rings is 2. The summed E-state index contributed by atoms with van der Waals surface area (Å²) >= 11 is 0. The molecule has 0 aliphatic heterocycles. The predicted molar refractivity (Wildman–Crippen MR) is 147 cm³/mol. The van der Waals surface area contributed by atoms with E-state index in [2.05, 4.69) is 40.5 Å². The van der Waals surface area contributed by atoms with Crippen LogP contribution in [0.3, 0.4) is 0 Å². The van der Waals surface area contributed by atoms with Crippen LogP contribution in [0.5, 0.6) is 5.75 Å². The largest absolute Gasteiger partial charge is 0.496 e. The first-order chi connectivity index (χ1) is 18.4. The van der Waals surface area contributed by atoms with Crippen LogP contribution in [0.2, 0.25) is 0 Å². The number of aromatic nitrogens is 4. The molecule has 1 heterocycles. The summed E-state index contributed by atoms with van der Waals surface area (Å²) in [5.74, 6) is 2.65. The topological polar surface area (TPSA) is 93.4 Å². The highest BCUT2D eigenvalue weighted by molar-refractivity contribution is 5.95. The lowest BCUT2D eigenvalue weighted by atomic mass is 9.78. The quantitative estimate of drug-likeness (QED) is 0.466. The summed E-state index contributed by atoms with van der Waals surface area (Å²) in [5.41, 5.74) is 4.23. The van der Waals surface area contributed by atoms with Crippen LogP contribution in [0, 0.1) is 25.7 Å². The number of methoxy groups -OCH3 is 1. The molecule has 0 radical (unpaired) electrons. The maximum absolute atomic E-state index is 13.9. The lowest BCUT2D eigenvalue weighted by Crippen LogP contribution is -2.41. The Kier molecular flexibility index (Phi) is 8.07. The molecule has 0 spiro atoms. The van der Waals surface area contributed by atoms with Crippen LogP contribution < -0.4 is 9.64 Å². The van der Waals surface area contributed by atoms with Crippen molar-refractivity contribution in [2.45, 2.75) is 77.2 Å². The van der Waals surface area contributed by atoms with Gasteiger partial charge in [-0.15, -0.1) is 15.0 Å². The van der Waals surface area contributed by atoms with Gasteiger partial charge in [0.25, 0.3) is 0 Å². The molecule has 0 atom stereocenters. The van der Waals surface area contributed by atoms with Crippen molar-refractivity contribution in [2.75, 3.05) is 18.6 Å². The van der Waals surface area contributed by atoms with E-state index in [0.717, 1.165) is 55.6 Å². The molecule has 2 aliphatic rings. The van der Waals surface area contributed by atoms with Gasteiger partial charge in [-0.05, 0) is 118 Å². The molecule has 0 saturated heterocycles. The summed E-state index contributed by atoms with van der Waals surface area (Å²) < 4.78 is 5.44. The van der Waals surface area contributed by atoms with Crippen LogP contribution >= 0.6 is 0 Å². The summed E-state index contributed by atoms with van der Waals surface area (Å²) in [6, 6.07) is 14.4. The van der Waals surface area contributed by atoms with Gasteiger partial charge in [-0.3, -0.25) is 4.79 Å². The smallest absolute Gasteiger partial charge is 0.230 e. The zero-order chi connectivity index (χ0) is 26.6. The van der Waals surface area contributed by atoms with E-state index >= 15 is 0 Å². The highest BCUT2D eigenvalue weighted by Crippen LogP contribution is 2.38. The van der Waals surface area contributed by atoms with Crippen molar-refractivity contribution < 1.29 is 14.6 Å². The molecule has 2 aliphatic carbocycles. The Morgan fingerprint density at radius 2 is 1.79 bits per heavy atom. The van der Waals surface area contributed by atoms with E-state index < -0.39 is 0 Å². The Morgan fingerprint density at radius 3 is 2.45 bits per heavy atom. The van der Waals surface area contributed by atoms with Crippen LogP contribution in [0.4, 0.5) is 5.69 Å². The van der Waals surface area contributed by atoms with Crippen LogP contribution in [0.1, 0.15) is 74.2 Å². The molecule has 3 aromatic rings. The van der Waals surface area contributed by atoms with Crippen molar-refractivity contribution in [3.05, 3.63) is 59.4 Å². The molecule has 1 aromatic heterocycles. The zero-order valence-corrected chi connectivity index (χ0v) is 22.7. The van der Waals surface area contributed by atoms with E-state index in [9.17, 15) is 9.90 Å². The van der Waals surface area contributed by atoms with E-state index in [4.69, 9.17) is 4.74 Å². The minimum absolute atomic E-state index is 0.0487. The van der Waals surface area contributed by atoms with Gasteiger partial charge in [-0.1, -0.05) is 18.2 Å². The predicted octanol–water partition coefficient (Wildman–Crippen LogP) is 5.15. The van der Waals surface area contributed by atoms with Gasteiger partial charge in [-0.25, -0.2) is 0 Å². The number of aryl methyl sites for hydroxylation is 2. The summed E-state index contributed by atoms with van der Waals surface area (Å²) in [7, 11) is 1.72. The SMILES string of the molecule is COc1ccc([C@H]2CC[C@H](CN(c3cccc(-n4nnc(C)n4)c3)C(=O)[C@H]3CC[C@H](O)CC3)CC2)cc1C. The summed E-state index contributed by atoms with van der Waals surface area (Å²) in [5, 5.41) is 22.5. The number of nitrogens with zero attached hydrogens (tertiary/aromatic N) is 5. The van der Waals surface area contributed by atoms with Crippen LogP contribution in [-0.4, -0.2) is 51.0 Å². The summed E-state index contributed by atoms with van der Waals surface area (Å²) in [4.78, 5) is 17.4. The minimum atomic E-state index is -0.283. The number of anilines is 1. The molecule has 2 fully saturated rings. The van der Waals surface area contributed by atoms with E-state index in [1.54, 1.807) is 7.11 Å². The van der Waals surface area contributed by atoms with E-state index in [-0.39, 0.29) is 17.9 Å². The fraction of sp³-hybridized carbons (Fsp3) is 0.533. The Hall–Kier alpha value is -3.26. The Morgan fingerprint density at radius 1 is 1.03 bits per heavy atom. The monoisotopic (exact) mass is 517 g/mol. The van der Waals surface area contributed by atoms with Crippen molar-refractivity contribution >= 4 is 11.6 Å². The van der Waals surface area contributed by atoms with Gasteiger partial charge in [0.15, 0.2) is 5.82 Å². The number of carbonyl (C=O) groups excluding carboxylic acids is 1. The van der Waals surface area contributed by atoms with E-state index in [1.807, 2.05) is 36.1 Å². The minimum Gasteiger partial charge on any atom is -0.496 e. The summed E-state index contributed by atoms with van der Waals surface area (Å²) in [6.45, 7) is 4.62. The lowest BCUT2D eigenvalue weighted by molar-refractivity contribution is -0.124. The normalized spacial score (nSPS) is 23.7. The van der Waals surface area contributed by atoms with Crippen molar-refractivity contribution in [3.63, 3.8) is 0 Å². The molecule has 2 aromatic carbocycles. The first-order valence-electron chi connectivity index (χ1n) is 13.9. The second-order valence-electron chi connectivity index (χ2n) is 11.0. The molecule has 8 heteroatoms. The third-order valence-electron chi connectivity index (χ3n) is 8.38. The molecule has 0 bridgehead atoms. The van der Waals surface area contributed by atoms with Crippen molar-refractivity contribution in [1.82, 2.24) is 20.2 Å². The molecule has 2 saturated carbocycles. The summed E-state index contributed by atoms with van der Waals surface area (Å²) in [6.07, 6.45) is 7.00. The number of aliphatic hydroxyl groups excluding tert-OH is 1. The van der Waals surface area contributed by atoms with Gasteiger partial charge >= 0.3 is 0 Å². The van der Waals surface area contributed by atoms with Gasteiger partial charge in [0, 0.05) is 18.2 Å². The number of hydrogen-bond acceptors (Lipinski definition) is 6. The van der Waals surface area contributed by atoms with Gasteiger partial charge in [0.05, 0.1) is 18.9 Å². The van der Waals surface area contributed by atoms with Gasteiger partial charge in [0.2, 0.25) is 5.91 Å². The fourth-order valence-electron chi connectivity index (χ4n) is 6.14. The molecule has 1 amide bonds. The third-order valence-corrected chi connectivity index (χ3v) is 8.38. The number of ether oxygens (including phenoxy) is 1. The number of aliphatic hydroxyl groups is 1. The first kappa shape index (κ1) is 26.4. The van der Waals surface area contributed by atoms with Gasteiger partial charge in [0.1, 0.15) is 5.75 Å². The molecule has 8 nitrogen and oxygen atoms in total. The molecule has 1 N–H and O–H groups in total. The van der Waals surface area contributed by atoms with Crippen LogP contribution in [0.15, 0.2) is 42.5 Å². The highest BCUT2D eigenvalue weighted by atomic mass is 16.5. The van der Waals surface area contributed by atoms with E-state index in [0.29, 0.717) is 37.0 Å². The molecule has 38 heavy (non-hydrogen) atoms.